The van der Waals surface area contributed by atoms with Gasteiger partial charge < -0.3 is 24.6 Å². The molecule has 0 aliphatic carbocycles. The maximum atomic E-state index is 9.81. The SMILES string of the molecule is CCN1CCOC(CNCC(O)COC(C)COC)C1. The second-order valence-electron chi connectivity index (χ2n) is 5.30. The van der Waals surface area contributed by atoms with Crippen molar-refractivity contribution in [1.82, 2.24) is 10.2 Å². The van der Waals surface area contributed by atoms with Crippen LogP contribution >= 0.6 is 0 Å². The Morgan fingerprint density at radius 2 is 2.25 bits per heavy atom. The average Bonchev–Trinajstić information content (AvgIpc) is 2.46. The first kappa shape index (κ1) is 17.8. The number of nitrogens with one attached hydrogen (secondary N) is 1. The minimum atomic E-state index is -0.500. The second kappa shape index (κ2) is 10.5. The first-order valence-corrected chi connectivity index (χ1v) is 7.49. The molecule has 1 heterocycles. The maximum Gasteiger partial charge on any atom is 0.0897 e. The van der Waals surface area contributed by atoms with E-state index in [1.165, 1.54) is 0 Å². The Kier molecular flexibility index (Phi) is 9.33. The monoisotopic (exact) mass is 290 g/mol. The molecule has 1 saturated heterocycles. The van der Waals surface area contributed by atoms with E-state index < -0.39 is 6.10 Å². The van der Waals surface area contributed by atoms with Gasteiger partial charge in [0.05, 0.1) is 38.1 Å². The molecule has 6 nitrogen and oxygen atoms in total. The summed E-state index contributed by atoms with van der Waals surface area (Å²) in [6.45, 7) is 10.1. The van der Waals surface area contributed by atoms with Crippen molar-refractivity contribution in [1.29, 1.82) is 0 Å². The molecular formula is C14H30N2O4. The van der Waals surface area contributed by atoms with E-state index in [4.69, 9.17) is 14.2 Å². The molecule has 0 radical (unpaired) electrons. The predicted molar refractivity (Wildman–Crippen MR) is 78.0 cm³/mol. The van der Waals surface area contributed by atoms with Crippen LogP contribution in [-0.4, -0.2) is 88.0 Å². The van der Waals surface area contributed by atoms with Crippen LogP contribution in [0.2, 0.25) is 0 Å². The summed E-state index contributed by atoms with van der Waals surface area (Å²) in [5.74, 6) is 0. The summed E-state index contributed by atoms with van der Waals surface area (Å²) in [5.41, 5.74) is 0. The smallest absolute Gasteiger partial charge is 0.0897 e. The first-order valence-electron chi connectivity index (χ1n) is 7.49. The van der Waals surface area contributed by atoms with E-state index in [1.807, 2.05) is 6.92 Å². The normalized spacial score (nSPS) is 23.7. The van der Waals surface area contributed by atoms with Gasteiger partial charge in [0.1, 0.15) is 0 Å². The Morgan fingerprint density at radius 1 is 1.45 bits per heavy atom. The highest BCUT2D eigenvalue weighted by Gasteiger charge is 2.19. The van der Waals surface area contributed by atoms with Gasteiger partial charge in [-0.05, 0) is 13.5 Å². The molecule has 0 bridgehead atoms. The van der Waals surface area contributed by atoms with E-state index in [0.29, 0.717) is 19.8 Å². The Balaban J connectivity index is 2.05. The molecule has 120 valence electrons. The third kappa shape index (κ3) is 7.52. The number of nitrogens with zero attached hydrogens (tertiary/aromatic N) is 1. The molecule has 1 aliphatic rings. The van der Waals surface area contributed by atoms with E-state index in [1.54, 1.807) is 7.11 Å². The second-order valence-corrected chi connectivity index (χ2v) is 5.30. The zero-order valence-corrected chi connectivity index (χ0v) is 13.0. The molecule has 1 aliphatic heterocycles. The fraction of sp³-hybridized carbons (Fsp3) is 1.00. The minimum absolute atomic E-state index is 0.00874. The molecule has 1 fully saturated rings. The van der Waals surface area contributed by atoms with Gasteiger partial charge in [-0.2, -0.15) is 0 Å². The fourth-order valence-corrected chi connectivity index (χ4v) is 2.22. The zero-order valence-electron chi connectivity index (χ0n) is 13.0. The summed E-state index contributed by atoms with van der Waals surface area (Å²) in [6.07, 6.45) is -0.279. The van der Waals surface area contributed by atoms with E-state index in [0.717, 1.165) is 32.8 Å². The van der Waals surface area contributed by atoms with E-state index in [9.17, 15) is 5.11 Å². The van der Waals surface area contributed by atoms with Crippen LogP contribution in [-0.2, 0) is 14.2 Å². The van der Waals surface area contributed by atoms with Crippen LogP contribution in [0.3, 0.4) is 0 Å². The number of ether oxygens (including phenoxy) is 3. The average molecular weight is 290 g/mol. The summed E-state index contributed by atoms with van der Waals surface area (Å²) < 4.78 is 16.1. The molecule has 2 N–H and O–H groups in total. The third-order valence-corrected chi connectivity index (χ3v) is 3.40. The van der Waals surface area contributed by atoms with E-state index in [2.05, 4.69) is 17.1 Å². The standard InChI is InChI=1S/C14H30N2O4/c1-4-16-5-6-19-14(9-16)8-15-7-13(17)11-20-12(2)10-18-3/h12-15,17H,4-11H2,1-3H3. The highest BCUT2D eigenvalue weighted by atomic mass is 16.5. The Labute approximate surface area is 122 Å². The summed E-state index contributed by atoms with van der Waals surface area (Å²) >= 11 is 0. The molecule has 1 rings (SSSR count). The Hall–Kier alpha value is -0.240. The van der Waals surface area contributed by atoms with E-state index >= 15 is 0 Å². The van der Waals surface area contributed by atoms with Gasteiger partial charge in [-0.15, -0.1) is 0 Å². The summed E-state index contributed by atoms with van der Waals surface area (Å²) in [4.78, 5) is 2.38. The number of rotatable bonds is 10. The van der Waals surface area contributed by atoms with Crippen molar-refractivity contribution >= 4 is 0 Å². The van der Waals surface area contributed by atoms with Gasteiger partial charge in [0.2, 0.25) is 0 Å². The van der Waals surface area contributed by atoms with Crippen LogP contribution in [0.25, 0.3) is 0 Å². The quantitative estimate of drug-likeness (QED) is 0.576. The number of hydrogen-bond acceptors (Lipinski definition) is 6. The topological polar surface area (TPSA) is 63.2 Å². The summed E-state index contributed by atoms with van der Waals surface area (Å²) in [6, 6.07) is 0. The molecule has 0 amide bonds. The van der Waals surface area contributed by atoms with Crippen molar-refractivity contribution < 1.29 is 19.3 Å². The number of hydrogen-bond donors (Lipinski definition) is 2. The number of aliphatic hydroxyl groups excluding tert-OH is 1. The predicted octanol–water partition coefficient (Wildman–Crippen LogP) is -0.291. The van der Waals surface area contributed by atoms with Crippen LogP contribution in [0.15, 0.2) is 0 Å². The van der Waals surface area contributed by atoms with E-state index in [-0.39, 0.29) is 12.2 Å². The van der Waals surface area contributed by atoms with Crippen LogP contribution in [0.5, 0.6) is 0 Å². The number of morpholine rings is 1. The maximum absolute atomic E-state index is 9.81. The van der Waals surface area contributed by atoms with Gasteiger partial charge in [0.25, 0.3) is 0 Å². The molecule has 0 aromatic rings. The van der Waals surface area contributed by atoms with Crippen LogP contribution in [0.4, 0.5) is 0 Å². The minimum Gasteiger partial charge on any atom is -0.389 e. The Morgan fingerprint density at radius 3 is 2.95 bits per heavy atom. The molecule has 20 heavy (non-hydrogen) atoms. The summed E-state index contributed by atoms with van der Waals surface area (Å²) in [7, 11) is 1.64. The lowest BCUT2D eigenvalue weighted by Crippen LogP contribution is -2.47. The molecule has 0 saturated carbocycles. The first-order chi connectivity index (χ1) is 9.65. The largest absolute Gasteiger partial charge is 0.389 e. The van der Waals surface area contributed by atoms with Crippen molar-refractivity contribution in [2.75, 3.05) is 59.7 Å². The molecule has 3 unspecified atom stereocenters. The highest BCUT2D eigenvalue weighted by Crippen LogP contribution is 2.03. The van der Waals surface area contributed by atoms with Gasteiger partial charge >= 0.3 is 0 Å². The highest BCUT2D eigenvalue weighted by molar-refractivity contribution is 4.73. The lowest BCUT2D eigenvalue weighted by atomic mass is 10.2. The third-order valence-electron chi connectivity index (χ3n) is 3.40. The molecule has 0 aromatic heterocycles. The molecule has 0 spiro atoms. The molecule has 6 heteroatoms. The zero-order chi connectivity index (χ0) is 14.8. The van der Waals surface area contributed by atoms with Crippen LogP contribution < -0.4 is 5.32 Å². The van der Waals surface area contributed by atoms with Gasteiger partial charge in [0.15, 0.2) is 0 Å². The lowest BCUT2D eigenvalue weighted by molar-refractivity contribution is -0.0379. The van der Waals surface area contributed by atoms with Gasteiger partial charge in [-0.1, -0.05) is 6.92 Å². The van der Waals surface area contributed by atoms with Crippen molar-refractivity contribution in [2.24, 2.45) is 0 Å². The van der Waals surface area contributed by atoms with Crippen molar-refractivity contribution in [3.8, 4) is 0 Å². The van der Waals surface area contributed by atoms with Gasteiger partial charge in [-0.25, -0.2) is 0 Å². The van der Waals surface area contributed by atoms with Gasteiger partial charge in [-0.3, -0.25) is 4.90 Å². The van der Waals surface area contributed by atoms with Crippen molar-refractivity contribution in [3.05, 3.63) is 0 Å². The van der Waals surface area contributed by atoms with Crippen molar-refractivity contribution in [2.45, 2.75) is 32.2 Å². The molecule has 3 atom stereocenters. The number of aliphatic hydroxyl groups is 1. The van der Waals surface area contributed by atoms with Crippen molar-refractivity contribution in [3.63, 3.8) is 0 Å². The molecule has 0 aromatic carbocycles. The van der Waals surface area contributed by atoms with Crippen LogP contribution in [0.1, 0.15) is 13.8 Å². The molecular weight excluding hydrogens is 260 g/mol. The Bertz CT molecular complexity index is 243. The summed E-state index contributed by atoms with van der Waals surface area (Å²) in [5, 5.41) is 13.1. The van der Waals surface area contributed by atoms with Crippen LogP contribution in [0, 0.1) is 0 Å². The lowest BCUT2D eigenvalue weighted by Gasteiger charge is -2.32. The number of methoxy groups -OCH3 is 1. The number of likely N-dealkylation sites (N-methyl/N-ethyl adjacent to an activating group) is 1. The fourth-order valence-electron chi connectivity index (χ4n) is 2.22. The van der Waals surface area contributed by atoms with Gasteiger partial charge in [0, 0.05) is 33.3 Å².